The summed E-state index contributed by atoms with van der Waals surface area (Å²) in [5.74, 6) is 2.13. The van der Waals surface area contributed by atoms with E-state index in [1.807, 2.05) is 25.7 Å². The molecule has 0 radical (unpaired) electrons. The summed E-state index contributed by atoms with van der Waals surface area (Å²) >= 11 is 0. The number of hydrogen-bond acceptors (Lipinski definition) is 3. The monoisotopic (exact) mass is 294 g/mol. The fourth-order valence-electron chi connectivity index (χ4n) is 4.06. The van der Waals surface area contributed by atoms with E-state index in [1.165, 1.54) is 25.7 Å². The predicted octanol–water partition coefficient (Wildman–Crippen LogP) is 3.02. The lowest BCUT2D eigenvalue weighted by molar-refractivity contribution is 0.0267. The summed E-state index contributed by atoms with van der Waals surface area (Å²) in [7, 11) is 0. The number of nitrogens with zero attached hydrogens (tertiary/aromatic N) is 1. The molecule has 3 fully saturated rings. The first-order valence-electron chi connectivity index (χ1n) is 8.59. The molecule has 3 aliphatic rings. The van der Waals surface area contributed by atoms with Crippen LogP contribution in [0.4, 0.5) is 4.79 Å². The number of piperidine rings is 1. The van der Waals surface area contributed by atoms with Crippen LogP contribution in [0, 0.1) is 17.8 Å². The van der Waals surface area contributed by atoms with Gasteiger partial charge < -0.3 is 15.0 Å². The highest BCUT2D eigenvalue weighted by Gasteiger charge is 2.57. The van der Waals surface area contributed by atoms with Crippen LogP contribution in [0.15, 0.2) is 0 Å². The van der Waals surface area contributed by atoms with Crippen LogP contribution in [0.25, 0.3) is 0 Å². The maximum atomic E-state index is 12.1. The average molecular weight is 294 g/mol. The summed E-state index contributed by atoms with van der Waals surface area (Å²) in [6, 6.07) is 1.35. The van der Waals surface area contributed by atoms with Gasteiger partial charge in [-0.1, -0.05) is 19.8 Å². The smallest absolute Gasteiger partial charge is 0.410 e. The molecular formula is C17H30N2O2. The normalized spacial score (nSPS) is 39.0. The summed E-state index contributed by atoms with van der Waals surface area (Å²) in [5, 5.41) is 3.87. The van der Waals surface area contributed by atoms with Gasteiger partial charge in [-0.2, -0.15) is 0 Å². The first-order valence-corrected chi connectivity index (χ1v) is 8.59. The Labute approximate surface area is 128 Å². The lowest BCUT2D eigenvalue weighted by atomic mass is 9.86. The van der Waals surface area contributed by atoms with Crippen LogP contribution in [0.5, 0.6) is 0 Å². The summed E-state index contributed by atoms with van der Waals surface area (Å²) in [5.41, 5.74) is -0.390. The van der Waals surface area contributed by atoms with Gasteiger partial charge in [-0.3, -0.25) is 0 Å². The Morgan fingerprint density at radius 1 is 1.14 bits per heavy atom. The standard InChI is InChI=1S/C17H30N2O2/c1-11-7-5-6-8-14(11)18-15-12-9-19(10-13(12)15)16(20)21-17(2,3)4/h11-15,18H,5-10H2,1-4H3. The Hall–Kier alpha value is -0.770. The second-order valence-electron chi connectivity index (χ2n) is 8.27. The molecule has 2 saturated carbocycles. The van der Waals surface area contributed by atoms with Crippen LogP contribution in [-0.2, 0) is 4.74 Å². The molecule has 4 heteroatoms. The van der Waals surface area contributed by atoms with Gasteiger partial charge in [-0.25, -0.2) is 4.79 Å². The van der Waals surface area contributed by atoms with Crippen molar-refractivity contribution in [2.75, 3.05) is 13.1 Å². The molecule has 0 aromatic heterocycles. The van der Waals surface area contributed by atoms with Crippen molar-refractivity contribution in [3.05, 3.63) is 0 Å². The zero-order valence-corrected chi connectivity index (χ0v) is 13.9. The molecule has 1 heterocycles. The summed E-state index contributed by atoms with van der Waals surface area (Å²) in [6.07, 6.45) is 5.31. The van der Waals surface area contributed by atoms with Gasteiger partial charge in [0.2, 0.25) is 0 Å². The van der Waals surface area contributed by atoms with E-state index in [0.29, 0.717) is 23.9 Å². The maximum Gasteiger partial charge on any atom is 0.410 e. The molecule has 1 saturated heterocycles. The zero-order chi connectivity index (χ0) is 15.2. The van der Waals surface area contributed by atoms with Gasteiger partial charge in [-0.05, 0) is 51.4 Å². The van der Waals surface area contributed by atoms with Crippen LogP contribution in [0.1, 0.15) is 53.4 Å². The van der Waals surface area contributed by atoms with E-state index in [9.17, 15) is 4.79 Å². The Morgan fingerprint density at radius 2 is 1.76 bits per heavy atom. The fraction of sp³-hybridized carbons (Fsp3) is 0.941. The van der Waals surface area contributed by atoms with Crippen molar-refractivity contribution in [1.29, 1.82) is 0 Å². The fourth-order valence-corrected chi connectivity index (χ4v) is 4.06. The average Bonchev–Trinajstić information content (AvgIpc) is 2.83. The van der Waals surface area contributed by atoms with Crippen LogP contribution >= 0.6 is 0 Å². The number of hydrogen-bond donors (Lipinski definition) is 1. The number of amides is 1. The van der Waals surface area contributed by atoms with Crippen molar-refractivity contribution < 1.29 is 9.53 Å². The third-order valence-corrected chi connectivity index (χ3v) is 5.36. The van der Waals surface area contributed by atoms with Gasteiger partial charge in [0.15, 0.2) is 0 Å². The third-order valence-electron chi connectivity index (χ3n) is 5.36. The zero-order valence-electron chi connectivity index (χ0n) is 13.9. The van der Waals surface area contributed by atoms with Gasteiger partial charge in [0.1, 0.15) is 5.60 Å². The van der Waals surface area contributed by atoms with Gasteiger partial charge >= 0.3 is 6.09 Å². The second kappa shape index (κ2) is 5.45. The number of ether oxygens (including phenoxy) is 1. The molecule has 1 N–H and O–H groups in total. The largest absolute Gasteiger partial charge is 0.444 e. The molecule has 120 valence electrons. The number of likely N-dealkylation sites (tertiary alicyclic amines) is 1. The summed E-state index contributed by atoms with van der Waals surface area (Å²) in [4.78, 5) is 14.0. The van der Waals surface area contributed by atoms with Crippen molar-refractivity contribution in [3.8, 4) is 0 Å². The van der Waals surface area contributed by atoms with Gasteiger partial charge in [0.25, 0.3) is 0 Å². The molecule has 0 bridgehead atoms. The Bertz CT molecular complexity index is 392. The van der Waals surface area contributed by atoms with Crippen molar-refractivity contribution in [2.24, 2.45) is 17.8 Å². The Balaban J connectivity index is 1.45. The van der Waals surface area contributed by atoms with Crippen LogP contribution in [-0.4, -0.2) is 41.8 Å². The minimum Gasteiger partial charge on any atom is -0.444 e. The van der Waals surface area contributed by atoms with Crippen molar-refractivity contribution in [1.82, 2.24) is 10.2 Å². The van der Waals surface area contributed by atoms with Gasteiger partial charge in [-0.15, -0.1) is 0 Å². The van der Waals surface area contributed by atoms with E-state index in [0.717, 1.165) is 19.0 Å². The second-order valence-corrected chi connectivity index (χ2v) is 8.27. The lowest BCUT2D eigenvalue weighted by Gasteiger charge is -2.31. The van der Waals surface area contributed by atoms with Crippen molar-refractivity contribution in [3.63, 3.8) is 0 Å². The van der Waals surface area contributed by atoms with E-state index >= 15 is 0 Å². The maximum absolute atomic E-state index is 12.1. The van der Waals surface area contributed by atoms with Crippen molar-refractivity contribution >= 4 is 6.09 Å². The van der Waals surface area contributed by atoms with Crippen LogP contribution in [0.3, 0.4) is 0 Å². The minimum atomic E-state index is -0.390. The SMILES string of the molecule is CC1CCCCC1NC1C2CN(C(=O)OC(C)(C)C)CC21. The molecular weight excluding hydrogens is 264 g/mol. The number of nitrogens with one attached hydrogen (secondary N) is 1. The highest BCUT2D eigenvalue weighted by atomic mass is 16.6. The molecule has 4 atom stereocenters. The van der Waals surface area contributed by atoms with E-state index in [4.69, 9.17) is 4.74 Å². The molecule has 21 heavy (non-hydrogen) atoms. The third kappa shape index (κ3) is 3.36. The van der Waals surface area contributed by atoms with Crippen molar-refractivity contribution in [2.45, 2.75) is 71.1 Å². The highest BCUT2D eigenvalue weighted by molar-refractivity contribution is 5.69. The lowest BCUT2D eigenvalue weighted by Crippen LogP contribution is -2.43. The molecule has 1 amide bonds. The highest BCUT2D eigenvalue weighted by Crippen LogP contribution is 2.46. The Morgan fingerprint density at radius 3 is 2.33 bits per heavy atom. The first kappa shape index (κ1) is 15.1. The summed E-state index contributed by atoms with van der Waals surface area (Å²) < 4.78 is 5.46. The molecule has 2 aliphatic carbocycles. The van der Waals surface area contributed by atoms with Crippen LogP contribution < -0.4 is 5.32 Å². The van der Waals surface area contributed by atoms with E-state index in [-0.39, 0.29) is 11.7 Å². The predicted molar refractivity (Wildman–Crippen MR) is 83.1 cm³/mol. The van der Waals surface area contributed by atoms with E-state index in [1.54, 1.807) is 0 Å². The minimum absolute atomic E-state index is 0.139. The van der Waals surface area contributed by atoms with Crippen LogP contribution in [0.2, 0.25) is 0 Å². The topological polar surface area (TPSA) is 41.6 Å². The Kier molecular flexibility index (Phi) is 3.93. The van der Waals surface area contributed by atoms with Gasteiger partial charge in [0.05, 0.1) is 0 Å². The molecule has 4 unspecified atom stereocenters. The molecule has 4 nitrogen and oxygen atoms in total. The molecule has 3 rings (SSSR count). The quantitative estimate of drug-likeness (QED) is 0.851. The molecule has 1 aliphatic heterocycles. The van der Waals surface area contributed by atoms with E-state index < -0.39 is 0 Å². The number of fused-ring (bicyclic) bond motifs is 1. The summed E-state index contributed by atoms with van der Waals surface area (Å²) in [6.45, 7) is 9.91. The molecule has 0 aromatic carbocycles. The number of carbonyl (C=O) groups is 1. The molecule has 0 spiro atoms. The van der Waals surface area contributed by atoms with E-state index in [2.05, 4.69) is 12.2 Å². The van der Waals surface area contributed by atoms with Gasteiger partial charge in [0, 0.05) is 25.2 Å². The number of rotatable bonds is 2. The number of carbonyl (C=O) groups excluding carboxylic acids is 1. The first-order chi connectivity index (χ1) is 9.85. The molecule has 0 aromatic rings.